The molecule has 0 aliphatic rings. The summed E-state index contributed by atoms with van der Waals surface area (Å²) in [5.74, 6) is -0.447. The van der Waals surface area contributed by atoms with Gasteiger partial charge in [0.2, 0.25) is 0 Å². The topological polar surface area (TPSA) is 43.4 Å². The molecule has 0 unspecified atom stereocenters. The van der Waals surface area contributed by atoms with E-state index >= 15 is 0 Å². The second-order valence-corrected chi connectivity index (χ2v) is 2.98. The lowest BCUT2D eigenvalue weighted by molar-refractivity contribution is -0.145. The van der Waals surface area contributed by atoms with Gasteiger partial charge in [-0.15, -0.1) is 0 Å². The lowest BCUT2D eigenvalue weighted by Crippen LogP contribution is -2.10. The highest BCUT2D eigenvalue weighted by Gasteiger charge is 2.07. The van der Waals surface area contributed by atoms with Gasteiger partial charge in [0, 0.05) is 6.42 Å². The molecule has 0 N–H and O–H groups in total. The summed E-state index contributed by atoms with van der Waals surface area (Å²) in [5.41, 5.74) is 0. The average molecular weight is 202 g/mol. The third-order valence-electron chi connectivity index (χ3n) is 1.18. The van der Waals surface area contributed by atoms with Crippen molar-refractivity contribution in [3.8, 4) is 0 Å². The molecule has 0 saturated carbocycles. The van der Waals surface area contributed by atoms with Crippen molar-refractivity contribution < 1.29 is 14.3 Å². The number of carbonyl (C=O) groups excluding carboxylic acids is 2. The van der Waals surface area contributed by atoms with Crippen molar-refractivity contribution in [1.82, 2.24) is 0 Å². The first kappa shape index (κ1) is 15.6. The molecule has 84 valence electrons. The molecule has 0 aliphatic heterocycles. The summed E-state index contributed by atoms with van der Waals surface area (Å²) in [5, 5.41) is 0. The molecule has 0 saturated heterocycles. The lowest BCUT2D eigenvalue weighted by Gasteiger charge is -1.98. The van der Waals surface area contributed by atoms with E-state index in [4.69, 9.17) is 0 Å². The van der Waals surface area contributed by atoms with E-state index in [2.05, 4.69) is 18.6 Å². The van der Waals surface area contributed by atoms with Crippen LogP contribution in [0.2, 0.25) is 0 Å². The van der Waals surface area contributed by atoms with Crippen LogP contribution in [0.4, 0.5) is 0 Å². The van der Waals surface area contributed by atoms with Gasteiger partial charge in [-0.2, -0.15) is 0 Å². The van der Waals surface area contributed by atoms with Crippen molar-refractivity contribution in [3.05, 3.63) is 0 Å². The maximum Gasteiger partial charge on any atom is 0.313 e. The Morgan fingerprint density at radius 1 is 1.07 bits per heavy atom. The van der Waals surface area contributed by atoms with Crippen LogP contribution in [0.3, 0.4) is 0 Å². The van der Waals surface area contributed by atoms with Crippen LogP contribution in [0, 0.1) is 0 Å². The van der Waals surface area contributed by atoms with Gasteiger partial charge in [0.15, 0.2) is 0 Å². The Labute approximate surface area is 86.8 Å². The number of carbonyl (C=O) groups is 2. The van der Waals surface area contributed by atoms with E-state index in [0.29, 0.717) is 13.0 Å². The maximum absolute atomic E-state index is 10.8. The summed E-state index contributed by atoms with van der Waals surface area (Å²) >= 11 is 0. The summed E-state index contributed by atoms with van der Waals surface area (Å²) in [4.78, 5) is 21.5. The molecule has 0 radical (unpaired) electrons. The van der Waals surface area contributed by atoms with Crippen LogP contribution in [0.25, 0.3) is 0 Å². The molecule has 0 aromatic carbocycles. The van der Waals surface area contributed by atoms with E-state index < -0.39 is 5.97 Å². The zero-order valence-electron chi connectivity index (χ0n) is 9.76. The highest BCUT2D eigenvalue weighted by Crippen LogP contribution is 1.95. The molecule has 0 fully saturated rings. The summed E-state index contributed by atoms with van der Waals surface area (Å²) < 4.78 is 4.60. The predicted octanol–water partition coefficient (Wildman–Crippen LogP) is 2.73. The van der Waals surface area contributed by atoms with Gasteiger partial charge < -0.3 is 4.74 Å². The van der Waals surface area contributed by atoms with Crippen molar-refractivity contribution in [2.45, 2.75) is 53.4 Å². The highest BCUT2D eigenvalue weighted by molar-refractivity contribution is 5.95. The van der Waals surface area contributed by atoms with Gasteiger partial charge in [-0.25, -0.2) is 0 Å². The quantitative estimate of drug-likeness (QED) is 0.508. The Bertz CT molecular complexity index is 137. The van der Waals surface area contributed by atoms with Crippen LogP contribution in [0.15, 0.2) is 0 Å². The fourth-order valence-electron chi connectivity index (χ4n) is 0.740. The summed E-state index contributed by atoms with van der Waals surface area (Å²) in [7, 11) is 0. The summed E-state index contributed by atoms with van der Waals surface area (Å²) in [6.45, 7) is 8.23. The molecule has 3 nitrogen and oxygen atoms in total. The van der Waals surface area contributed by atoms with E-state index in [1.807, 2.05) is 6.92 Å². The van der Waals surface area contributed by atoms with Crippen LogP contribution >= 0.6 is 0 Å². The number of rotatable bonds is 5. The van der Waals surface area contributed by atoms with E-state index in [9.17, 15) is 9.59 Å². The van der Waals surface area contributed by atoms with E-state index in [1.54, 1.807) is 6.92 Å². The monoisotopic (exact) mass is 202 g/mol. The number of ketones is 1. The van der Waals surface area contributed by atoms with Crippen LogP contribution in [-0.4, -0.2) is 18.4 Å². The molecule has 0 amide bonds. The highest BCUT2D eigenvalue weighted by atomic mass is 16.5. The van der Waals surface area contributed by atoms with Crippen LogP contribution < -0.4 is 0 Å². The predicted molar refractivity (Wildman–Crippen MR) is 57.1 cm³/mol. The average Bonchev–Trinajstić information content (AvgIpc) is 2.05. The van der Waals surface area contributed by atoms with Crippen LogP contribution in [0.1, 0.15) is 53.4 Å². The van der Waals surface area contributed by atoms with Crippen molar-refractivity contribution in [2.75, 3.05) is 6.61 Å². The van der Waals surface area contributed by atoms with Gasteiger partial charge >= 0.3 is 5.97 Å². The van der Waals surface area contributed by atoms with Gasteiger partial charge in [-0.05, 0) is 13.3 Å². The largest absolute Gasteiger partial charge is 0.466 e. The van der Waals surface area contributed by atoms with Crippen LogP contribution in [-0.2, 0) is 14.3 Å². The SMILES string of the molecule is CCC.CCCC(=O)CC(=O)OCC. The normalized spacial score (nSPS) is 8.57. The number of hydrogen-bond acceptors (Lipinski definition) is 3. The minimum Gasteiger partial charge on any atom is -0.466 e. The number of hydrogen-bond donors (Lipinski definition) is 0. The third-order valence-corrected chi connectivity index (χ3v) is 1.18. The molecule has 0 bridgehead atoms. The standard InChI is InChI=1S/C8H14O3.C3H8/c1-3-5-7(9)6-8(10)11-4-2;1-3-2/h3-6H2,1-2H3;3H2,1-2H3. The van der Waals surface area contributed by atoms with Gasteiger partial charge in [0.25, 0.3) is 0 Å². The Morgan fingerprint density at radius 2 is 1.57 bits per heavy atom. The van der Waals surface area contributed by atoms with Gasteiger partial charge in [0.05, 0.1) is 6.61 Å². The second kappa shape index (κ2) is 12.1. The molecule has 0 heterocycles. The summed E-state index contributed by atoms with van der Waals surface area (Å²) in [6, 6.07) is 0. The van der Waals surface area contributed by atoms with Crippen molar-refractivity contribution >= 4 is 11.8 Å². The zero-order chi connectivity index (χ0) is 11.4. The zero-order valence-corrected chi connectivity index (χ0v) is 9.76. The Kier molecular flexibility index (Phi) is 13.5. The number of esters is 1. The molecule has 0 aromatic heterocycles. The molecular formula is C11H22O3. The van der Waals surface area contributed by atoms with E-state index in [0.717, 1.165) is 6.42 Å². The smallest absolute Gasteiger partial charge is 0.313 e. The molecule has 0 aromatic rings. The van der Waals surface area contributed by atoms with Gasteiger partial charge in [-0.3, -0.25) is 9.59 Å². The number of Topliss-reactive ketones (excluding diaryl/α,β-unsaturated/α-hetero) is 1. The fourth-order valence-corrected chi connectivity index (χ4v) is 0.740. The van der Waals surface area contributed by atoms with Crippen molar-refractivity contribution in [1.29, 1.82) is 0 Å². The van der Waals surface area contributed by atoms with Crippen molar-refractivity contribution in [3.63, 3.8) is 0 Å². The Hall–Kier alpha value is -0.860. The lowest BCUT2D eigenvalue weighted by atomic mass is 10.2. The van der Waals surface area contributed by atoms with Gasteiger partial charge in [-0.1, -0.05) is 27.2 Å². The first-order valence-electron chi connectivity index (χ1n) is 5.29. The van der Waals surface area contributed by atoms with Crippen LogP contribution in [0.5, 0.6) is 0 Å². The molecule has 0 rings (SSSR count). The second-order valence-electron chi connectivity index (χ2n) is 2.98. The molecule has 0 atom stereocenters. The van der Waals surface area contributed by atoms with E-state index in [1.165, 1.54) is 6.42 Å². The minimum atomic E-state index is -0.411. The Morgan fingerprint density at radius 3 is 1.93 bits per heavy atom. The fraction of sp³-hybridized carbons (Fsp3) is 0.818. The first-order chi connectivity index (χ1) is 6.62. The number of ether oxygens (including phenoxy) is 1. The molecule has 14 heavy (non-hydrogen) atoms. The summed E-state index contributed by atoms with van der Waals surface area (Å²) in [6.07, 6.45) is 2.44. The maximum atomic E-state index is 10.8. The van der Waals surface area contributed by atoms with E-state index in [-0.39, 0.29) is 12.2 Å². The molecule has 0 spiro atoms. The first-order valence-corrected chi connectivity index (χ1v) is 5.29. The third kappa shape index (κ3) is 13.7. The van der Waals surface area contributed by atoms with Crippen molar-refractivity contribution in [2.24, 2.45) is 0 Å². The van der Waals surface area contributed by atoms with Gasteiger partial charge in [0.1, 0.15) is 12.2 Å². The molecular weight excluding hydrogens is 180 g/mol. The molecule has 0 aliphatic carbocycles. The minimum absolute atomic E-state index is 0.0362. The molecule has 3 heteroatoms. The Balaban J connectivity index is 0.